The van der Waals surface area contributed by atoms with Gasteiger partial charge in [-0.25, -0.2) is 23.8 Å². The minimum absolute atomic E-state index is 0.115. The van der Waals surface area contributed by atoms with Crippen LogP contribution in [0.4, 0.5) is 20.8 Å². The van der Waals surface area contributed by atoms with E-state index in [1.807, 2.05) is 6.07 Å². The first-order chi connectivity index (χ1) is 18.9. The maximum Gasteiger partial charge on any atom is 0.416 e. The highest BCUT2D eigenvalue weighted by atomic mass is 19.1. The van der Waals surface area contributed by atoms with Crippen LogP contribution < -0.4 is 20.7 Å². The predicted molar refractivity (Wildman–Crippen MR) is 136 cm³/mol. The molecule has 204 valence electrons. The molecule has 1 atom stereocenters. The highest BCUT2D eigenvalue weighted by Gasteiger charge is 2.48. The number of anilines is 2. The van der Waals surface area contributed by atoms with Crippen molar-refractivity contribution in [2.45, 2.75) is 37.8 Å². The van der Waals surface area contributed by atoms with Crippen molar-refractivity contribution in [3.05, 3.63) is 29.2 Å². The molecule has 2 amide bonds. The van der Waals surface area contributed by atoms with Crippen molar-refractivity contribution < 1.29 is 23.5 Å². The highest BCUT2D eigenvalue weighted by Crippen LogP contribution is 2.38. The molecule has 1 spiro atoms. The molecule has 0 radical (unpaired) electrons. The van der Waals surface area contributed by atoms with Crippen molar-refractivity contribution in [2.24, 2.45) is 11.7 Å². The lowest BCUT2D eigenvalue weighted by Gasteiger charge is -2.38. The molecule has 2 saturated heterocycles. The van der Waals surface area contributed by atoms with Gasteiger partial charge in [-0.1, -0.05) is 5.21 Å². The van der Waals surface area contributed by atoms with Crippen molar-refractivity contribution in [3.63, 3.8) is 0 Å². The average molecular weight is 538 g/mol. The van der Waals surface area contributed by atoms with Gasteiger partial charge in [-0.05, 0) is 36.0 Å². The Hall–Kier alpha value is -3.91. The van der Waals surface area contributed by atoms with Crippen LogP contribution in [-0.2, 0) is 28.9 Å². The van der Waals surface area contributed by atoms with Crippen molar-refractivity contribution in [1.82, 2.24) is 29.9 Å². The molecule has 4 aliphatic rings. The molecule has 0 bridgehead atoms. The lowest BCUT2D eigenvalue weighted by molar-refractivity contribution is -0.118. The third-order valence-electron chi connectivity index (χ3n) is 8.14. The molecule has 5 heterocycles. The largest absolute Gasteiger partial charge is 0.465 e. The predicted octanol–water partition coefficient (Wildman–Crippen LogP) is 0.856. The second-order valence-corrected chi connectivity index (χ2v) is 10.7. The number of aromatic nitrogens is 5. The van der Waals surface area contributed by atoms with Crippen molar-refractivity contribution in [3.8, 4) is 5.88 Å². The zero-order valence-electron chi connectivity index (χ0n) is 21.2. The van der Waals surface area contributed by atoms with Crippen molar-refractivity contribution in [1.29, 1.82) is 0 Å². The minimum atomic E-state index is -0.603. The summed E-state index contributed by atoms with van der Waals surface area (Å²) in [5.74, 6) is 0.452. The average Bonchev–Trinajstić information content (AvgIpc) is 3.61. The molecule has 1 aromatic carbocycles. The molecule has 0 saturated carbocycles. The van der Waals surface area contributed by atoms with Gasteiger partial charge in [-0.2, -0.15) is 0 Å². The van der Waals surface area contributed by atoms with E-state index in [2.05, 4.69) is 30.5 Å². The van der Waals surface area contributed by atoms with Crippen molar-refractivity contribution in [2.75, 3.05) is 49.5 Å². The lowest BCUT2D eigenvalue weighted by Crippen LogP contribution is -2.48. The first-order valence-electron chi connectivity index (χ1n) is 13.2. The monoisotopic (exact) mass is 537 g/mol. The molecule has 1 aliphatic carbocycles. The SMILES string of the molecule is NCCn1nnc2c(F)c3c(cc21)CC(CN1CCC2(CC1)CN(c1cnc4c(n1)NC(=O)CO4)C(=O)O2)C3. The fourth-order valence-electron chi connectivity index (χ4n) is 6.20. The Bertz CT molecular complexity index is 1490. The molecule has 1 unspecified atom stereocenters. The number of hydrogen-bond acceptors (Lipinski definition) is 10. The first kappa shape index (κ1) is 24.2. The van der Waals surface area contributed by atoms with E-state index in [1.54, 1.807) is 4.68 Å². The summed E-state index contributed by atoms with van der Waals surface area (Å²) in [7, 11) is 0. The summed E-state index contributed by atoms with van der Waals surface area (Å²) in [5.41, 5.74) is 7.84. The molecule has 2 fully saturated rings. The van der Waals surface area contributed by atoms with Crippen LogP contribution in [0.2, 0.25) is 0 Å². The Labute approximate surface area is 222 Å². The summed E-state index contributed by atoms with van der Waals surface area (Å²) in [5, 5.41) is 10.7. The second-order valence-electron chi connectivity index (χ2n) is 10.7. The van der Waals surface area contributed by atoms with Gasteiger partial charge in [0.1, 0.15) is 11.1 Å². The molecule has 3 N–H and O–H groups in total. The number of likely N-dealkylation sites (tertiary alicyclic amines) is 1. The summed E-state index contributed by atoms with van der Waals surface area (Å²) >= 11 is 0. The van der Waals surface area contributed by atoms with Crippen LogP contribution in [0.1, 0.15) is 24.0 Å². The maximum absolute atomic E-state index is 15.3. The molecule has 7 rings (SSSR count). The Balaban J connectivity index is 0.989. The number of fused-ring (bicyclic) bond motifs is 3. The number of carbonyl (C=O) groups is 2. The van der Waals surface area contributed by atoms with Gasteiger partial charge in [-0.3, -0.25) is 9.69 Å². The van der Waals surface area contributed by atoms with Crippen LogP contribution in [-0.4, -0.2) is 86.8 Å². The Morgan fingerprint density at radius 2 is 2.08 bits per heavy atom. The van der Waals surface area contributed by atoms with E-state index in [0.29, 0.717) is 61.7 Å². The number of rotatable bonds is 5. The normalized spacial score (nSPS) is 22.1. The zero-order valence-corrected chi connectivity index (χ0v) is 21.2. The molecule has 3 aliphatic heterocycles. The number of nitrogens with zero attached hydrogens (tertiary/aromatic N) is 7. The molecule has 3 aromatic rings. The fourth-order valence-corrected chi connectivity index (χ4v) is 6.20. The third kappa shape index (κ3) is 4.14. The fraction of sp³-hybridized carbons (Fsp3) is 0.520. The van der Waals surface area contributed by atoms with Crippen LogP contribution in [0.25, 0.3) is 11.0 Å². The van der Waals surface area contributed by atoms with E-state index in [-0.39, 0.29) is 30.0 Å². The van der Waals surface area contributed by atoms with Crippen LogP contribution in [0, 0.1) is 11.7 Å². The van der Waals surface area contributed by atoms with E-state index in [1.165, 1.54) is 11.1 Å². The molecular formula is C25H28FN9O4. The number of ether oxygens (including phenoxy) is 2. The molecule has 2 aromatic heterocycles. The summed E-state index contributed by atoms with van der Waals surface area (Å²) < 4.78 is 28.0. The number of benzene rings is 1. The highest BCUT2D eigenvalue weighted by molar-refractivity contribution is 5.94. The van der Waals surface area contributed by atoms with Crippen molar-refractivity contribution >= 4 is 34.7 Å². The lowest BCUT2D eigenvalue weighted by atomic mass is 9.90. The number of carbonyl (C=O) groups excluding carboxylic acids is 2. The standard InChI is InChI=1S/C25H28FN9O4/c26-20-16-8-14(7-15(16)9-17-21(20)31-32-35(17)6-3-27)11-33-4-1-25(2-5-33)13-34(24(37)39-25)18-10-28-23-22(29-18)30-19(36)12-38-23/h9-10,14H,1-8,11-13,27H2,(H,29,30,36). The first-order valence-corrected chi connectivity index (χ1v) is 13.2. The molecule has 14 heteroatoms. The topological polar surface area (TPSA) is 154 Å². The van der Waals surface area contributed by atoms with Gasteiger partial charge in [0.25, 0.3) is 11.8 Å². The van der Waals surface area contributed by atoms with Crippen LogP contribution in [0.3, 0.4) is 0 Å². The van der Waals surface area contributed by atoms with E-state index >= 15 is 4.39 Å². The third-order valence-corrected chi connectivity index (χ3v) is 8.14. The van der Waals surface area contributed by atoms with E-state index in [9.17, 15) is 9.59 Å². The number of piperidine rings is 1. The van der Waals surface area contributed by atoms with Gasteiger partial charge in [-0.15, -0.1) is 5.10 Å². The summed E-state index contributed by atoms with van der Waals surface area (Å²) in [6.45, 7) is 3.54. The Morgan fingerprint density at radius 1 is 1.23 bits per heavy atom. The minimum Gasteiger partial charge on any atom is -0.465 e. The maximum atomic E-state index is 15.3. The molecular weight excluding hydrogens is 509 g/mol. The summed E-state index contributed by atoms with van der Waals surface area (Å²) in [6, 6.07) is 2.02. The quantitative estimate of drug-likeness (QED) is 0.479. The molecule has 13 nitrogen and oxygen atoms in total. The number of halogens is 1. The van der Waals surface area contributed by atoms with Gasteiger partial charge in [0.05, 0.1) is 24.8 Å². The van der Waals surface area contributed by atoms with Gasteiger partial charge in [0.2, 0.25) is 0 Å². The number of nitrogens with two attached hydrogens (primary N) is 1. The molecule has 39 heavy (non-hydrogen) atoms. The Kier molecular flexibility index (Phi) is 5.63. The van der Waals surface area contributed by atoms with Gasteiger partial charge >= 0.3 is 6.09 Å². The summed E-state index contributed by atoms with van der Waals surface area (Å²) in [6.07, 6.45) is 3.82. The Morgan fingerprint density at radius 3 is 2.90 bits per heavy atom. The number of hydrogen-bond donors (Lipinski definition) is 2. The van der Waals surface area contributed by atoms with Gasteiger partial charge < -0.3 is 25.4 Å². The summed E-state index contributed by atoms with van der Waals surface area (Å²) in [4.78, 5) is 36.8. The van der Waals surface area contributed by atoms with Gasteiger partial charge in [0.15, 0.2) is 24.1 Å². The second kappa shape index (κ2) is 9.09. The van der Waals surface area contributed by atoms with Crippen LogP contribution >= 0.6 is 0 Å². The van der Waals surface area contributed by atoms with Gasteiger partial charge in [0, 0.05) is 39.0 Å². The van der Waals surface area contributed by atoms with E-state index in [4.69, 9.17) is 15.2 Å². The smallest absolute Gasteiger partial charge is 0.416 e. The van der Waals surface area contributed by atoms with Crippen LogP contribution in [0.5, 0.6) is 5.88 Å². The van der Waals surface area contributed by atoms with Crippen LogP contribution in [0.15, 0.2) is 12.3 Å². The number of nitrogens with one attached hydrogen (secondary N) is 1. The zero-order chi connectivity index (χ0) is 26.7. The van der Waals surface area contributed by atoms with E-state index in [0.717, 1.165) is 37.2 Å². The van der Waals surface area contributed by atoms with E-state index < -0.39 is 11.7 Å². The number of amides is 2.